The fraction of sp³-hybridized carbons (Fsp3) is 0.286. The van der Waals surface area contributed by atoms with Gasteiger partial charge in [-0.05, 0) is 30.7 Å². The molecule has 0 aliphatic carbocycles. The van der Waals surface area contributed by atoms with Gasteiger partial charge in [0.25, 0.3) is 0 Å². The SMILES string of the molecule is C=CCNC(=O)[C@@H]1CCN(c2ccc(Br)cc2)C1=O. The number of rotatable bonds is 4. The summed E-state index contributed by atoms with van der Waals surface area (Å²) < 4.78 is 0.961. The lowest BCUT2D eigenvalue weighted by Gasteiger charge is -2.16. The van der Waals surface area contributed by atoms with Crippen molar-refractivity contribution in [3.63, 3.8) is 0 Å². The summed E-state index contributed by atoms with van der Waals surface area (Å²) in [5, 5.41) is 2.67. The second-order valence-corrected chi connectivity index (χ2v) is 5.26. The molecule has 0 saturated carbocycles. The average molecular weight is 323 g/mol. The number of carbonyl (C=O) groups is 2. The molecule has 1 saturated heterocycles. The Morgan fingerprint density at radius 1 is 1.47 bits per heavy atom. The highest BCUT2D eigenvalue weighted by Gasteiger charge is 2.37. The Kier molecular flexibility index (Phi) is 4.37. The third-order valence-electron chi connectivity index (χ3n) is 3.08. The lowest BCUT2D eigenvalue weighted by atomic mass is 10.1. The topological polar surface area (TPSA) is 49.4 Å². The Bertz CT molecular complexity index is 499. The van der Waals surface area contributed by atoms with Crippen LogP contribution in [-0.4, -0.2) is 24.9 Å². The molecule has 0 bridgehead atoms. The molecule has 2 rings (SSSR count). The molecular formula is C14H15BrN2O2. The summed E-state index contributed by atoms with van der Waals surface area (Å²) in [5.74, 6) is -0.933. The summed E-state index contributed by atoms with van der Waals surface area (Å²) in [5.41, 5.74) is 0.826. The first-order chi connectivity index (χ1) is 9.13. The highest BCUT2D eigenvalue weighted by Crippen LogP contribution is 2.26. The number of halogens is 1. The highest BCUT2D eigenvalue weighted by atomic mass is 79.9. The van der Waals surface area contributed by atoms with Gasteiger partial charge >= 0.3 is 0 Å². The third kappa shape index (κ3) is 3.04. The van der Waals surface area contributed by atoms with Crippen LogP contribution in [-0.2, 0) is 9.59 Å². The zero-order valence-corrected chi connectivity index (χ0v) is 12.0. The molecule has 1 N–H and O–H groups in total. The minimum Gasteiger partial charge on any atom is -0.352 e. The van der Waals surface area contributed by atoms with Crippen molar-refractivity contribution in [1.82, 2.24) is 5.32 Å². The zero-order chi connectivity index (χ0) is 13.8. The van der Waals surface area contributed by atoms with Crippen molar-refractivity contribution >= 4 is 33.4 Å². The van der Waals surface area contributed by atoms with Crippen molar-refractivity contribution in [3.05, 3.63) is 41.4 Å². The number of benzene rings is 1. The van der Waals surface area contributed by atoms with Gasteiger partial charge in [0.15, 0.2) is 0 Å². The lowest BCUT2D eigenvalue weighted by Crippen LogP contribution is -2.36. The molecule has 0 unspecified atom stereocenters. The van der Waals surface area contributed by atoms with Crippen LogP contribution in [0.3, 0.4) is 0 Å². The smallest absolute Gasteiger partial charge is 0.239 e. The molecule has 19 heavy (non-hydrogen) atoms. The van der Waals surface area contributed by atoms with Crippen LogP contribution in [0.5, 0.6) is 0 Å². The van der Waals surface area contributed by atoms with Crippen LogP contribution in [0.1, 0.15) is 6.42 Å². The summed E-state index contributed by atoms with van der Waals surface area (Å²) in [4.78, 5) is 25.7. The van der Waals surface area contributed by atoms with Crippen molar-refractivity contribution in [2.75, 3.05) is 18.0 Å². The van der Waals surface area contributed by atoms with Crippen LogP contribution >= 0.6 is 15.9 Å². The van der Waals surface area contributed by atoms with E-state index in [2.05, 4.69) is 27.8 Å². The Morgan fingerprint density at radius 3 is 2.79 bits per heavy atom. The molecule has 0 aromatic heterocycles. The summed E-state index contributed by atoms with van der Waals surface area (Å²) in [6, 6.07) is 7.50. The quantitative estimate of drug-likeness (QED) is 0.681. The van der Waals surface area contributed by atoms with Gasteiger partial charge < -0.3 is 10.2 Å². The first kappa shape index (κ1) is 13.8. The van der Waals surface area contributed by atoms with E-state index in [1.165, 1.54) is 0 Å². The normalized spacial score (nSPS) is 18.5. The molecule has 1 heterocycles. The molecule has 2 amide bonds. The highest BCUT2D eigenvalue weighted by molar-refractivity contribution is 9.10. The number of hydrogen-bond donors (Lipinski definition) is 1. The van der Waals surface area contributed by atoms with Gasteiger partial charge in [0.1, 0.15) is 5.92 Å². The van der Waals surface area contributed by atoms with E-state index in [0.717, 1.165) is 10.2 Å². The monoisotopic (exact) mass is 322 g/mol. The second-order valence-electron chi connectivity index (χ2n) is 4.34. The standard InChI is InChI=1S/C14H15BrN2O2/c1-2-8-16-13(18)12-7-9-17(14(12)19)11-5-3-10(15)4-6-11/h2-6,12H,1,7-9H2,(H,16,18)/t12-/m0/s1. The Hall–Kier alpha value is -1.62. The fourth-order valence-corrected chi connectivity index (χ4v) is 2.36. The van der Waals surface area contributed by atoms with E-state index >= 15 is 0 Å². The van der Waals surface area contributed by atoms with E-state index < -0.39 is 5.92 Å². The van der Waals surface area contributed by atoms with Crippen molar-refractivity contribution in [3.8, 4) is 0 Å². The number of nitrogens with zero attached hydrogens (tertiary/aromatic N) is 1. The van der Waals surface area contributed by atoms with Crippen molar-refractivity contribution in [2.24, 2.45) is 5.92 Å². The molecular weight excluding hydrogens is 308 g/mol. The molecule has 0 spiro atoms. The molecule has 1 aliphatic rings. The number of nitrogens with one attached hydrogen (secondary N) is 1. The van der Waals surface area contributed by atoms with Gasteiger partial charge in [0, 0.05) is 23.2 Å². The zero-order valence-electron chi connectivity index (χ0n) is 10.4. The Morgan fingerprint density at radius 2 is 2.16 bits per heavy atom. The number of amides is 2. The first-order valence-corrected chi connectivity index (χ1v) is 6.88. The number of carbonyl (C=O) groups excluding carboxylic acids is 2. The van der Waals surface area contributed by atoms with Gasteiger partial charge in [-0.2, -0.15) is 0 Å². The molecule has 1 atom stereocenters. The maximum absolute atomic E-state index is 12.2. The Labute approximate surface area is 120 Å². The van der Waals surface area contributed by atoms with Crippen LogP contribution in [0.15, 0.2) is 41.4 Å². The van der Waals surface area contributed by atoms with E-state index in [0.29, 0.717) is 19.5 Å². The molecule has 1 aliphatic heterocycles. The van der Waals surface area contributed by atoms with Crippen molar-refractivity contribution < 1.29 is 9.59 Å². The minimum atomic E-state index is -0.580. The van der Waals surface area contributed by atoms with Gasteiger partial charge in [-0.25, -0.2) is 0 Å². The summed E-state index contributed by atoms with van der Waals surface area (Å²) in [7, 11) is 0. The van der Waals surface area contributed by atoms with Crippen molar-refractivity contribution in [2.45, 2.75) is 6.42 Å². The largest absolute Gasteiger partial charge is 0.352 e. The van der Waals surface area contributed by atoms with Crippen LogP contribution in [0.25, 0.3) is 0 Å². The van der Waals surface area contributed by atoms with E-state index in [9.17, 15) is 9.59 Å². The van der Waals surface area contributed by atoms with Crippen molar-refractivity contribution in [1.29, 1.82) is 0 Å². The van der Waals surface area contributed by atoms with Crippen LogP contribution < -0.4 is 10.2 Å². The van der Waals surface area contributed by atoms with E-state index in [4.69, 9.17) is 0 Å². The lowest BCUT2D eigenvalue weighted by molar-refractivity contribution is -0.131. The van der Waals surface area contributed by atoms with Gasteiger partial charge in [0.05, 0.1) is 0 Å². The predicted octanol–water partition coefficient (Wildman–Crippen LogP) is 2.10. The number of hydrogen-bond acceptors (Lipinski definition) is 2. The molecule has 1 fully saturated rings. The van der Waals surface area contributed by atoms with Gasteiger partial charge in [-0.3, -0.25) is 9.59 Å². The summed E-state index contributed by atoms with van der Waals surface area (Å²) in [6.07, 6.45) is 2.15. The third-order valence-corrected chi connectivity index (χ3v) is 3.61. The van der Waals surface area contributed by atoms with Gasteiger partial charge in [0.2, 0.25) is 11.8 Å². The summed E-state index contributed by atoms with van der Waals surface area (Å²) in [6.45, 7) is 4.50. The van der Waals surface area contributed by atoms with Gasteiger partial charge in [-0.15, -0.1) is 6.58 Å². The Balaban J connectivity index is 2.07. The average Bonchev–Trinajstić information content (AvgIpc) is 2.79. The molecule has 1 aromatic carbocycles. The van der Waals surface area contributed by atoms with E-state index in [-0.39, 0.29) is 11.8 Å². The number of anilines is 1. The van der Waals surface area contributed by atoms with Crippen LogP contribution in [0.4, 0.5) is 5.69 Å². The van der Waals surface area contributed by atoms with E-state index in [1.807, 2.05) is 24.3 Å². The molecule has 1 aromatic rings. The molecule has 5 heteroatoms. The predicted molar refractivity (Wildman–Crippen MR) is 77.8 cm³/mol. The van der Waals surface area contributed by atoms with Crippen LogP contribution in [0, 0.1) is 5.92 Å². The van der Waals surface area contributed by atoms with Gasteiger partial charge in [-0.1, -0.05) is 22.0 Å². The molecule has 0 radical (unpaired) electrons. The second kappa shape index (κ2) is 6.02. The maximum Gasteiger partial charge on any atom is 0.239 e. The molecule has 100 valence electrons. The summed E-state index contributed by atoms with van der Waals surface area (Å²) >= 11 is 3.36. The minimum absolute atomic E-state index is 0.135. The fourth-order valence-electron chi connectivity index (χ4n) is 2.10. The first-order valence-electron chi connectivity index (χ1n) is 6.09. The van der Waals surface area contributed by atoms with Crippen LogP contribution in [0.2, 0.25) is 0 Å². The molecule has 4 nitrogen and oxygen atoms in total. The maximum atomic E-state index is 12.2. The van der Waals surface area contributed by atoms with E-state index in [1.54, 1.807) is 11.0 Å².